The molecule has 170 valence electrons. The third-order valence-electron chi connectivity index (χ3n) is 6.37. The number of pyridine rings is 1. The third kappa shape index (κ3) is 3.42. The number of aliphatic hydroxyl groups is 1. The molecule has 1 aliphatic rings. The van der Waals surface area contributed by atoms with E-state index in [4.69, 9.17) is 11.6 Å². The standard InChI is InChI=1S/C23H22ClF3N2O3/c1-3-12-10-22(32,23(25,26)27)21(14-9-15(24)11(2)20(31)19(12)14)29-17-6-4-5-16-13(17)7-8-18(30)28-16/h4-9,12,21,29,31-32H,3,10H2,1-2H3,(H,28,30)/t12-,21?,22-/m1/s1. The lowest BCUT2D eigenvalue weighted by Gasteiger charge is -2.46. The molecule has 0 saturated carbocycles. The number of fused-ring (bicyclic) bond motifs is 2. The van der Waals surface area contributed by atoms with E-state index >= 15 is 0 Å². The Labute approximate surface area is 186 Å². The number of hydrogen-bond acceptors (Lipinski definition) is 4. The minimum Gasteiger partial charge on any atom is -0.507 e. The predicted molar refractivity (Wildman–Crippen MR) is 117 cm³/mol. The summed E-state index contributed by atoms with van der Waals surface area (Å²) in [6.07, 6.45) is -5.28. The zero-order chi connectivity index (χ0) is 23.4. The van der Waals surface area contributed by atoms with Crippen molar-refractivity contribution in [2.45, 2.75) is 50.4 Å². The fraction of sp³-hybridized carbons (Fsp3) is 0.348. The van der Waals surface area contributed by atoms with Crippen molar-refractivity contribution in [1.82, 2.24) is 4.98 Å². The van der Waals surface area contributed by atoms with Crippen LogP contribution in [-0.4, -0.2) is 27.0 Å². The first-order valence-corrected chi connectivity index (χ1v) is 10.5. The molecule has 0 spiro atoms. The minimum atomic E-state index is -4.96. The highest BCUT2D eigenvalue weighted by atomic mass is 35.5. The second-order valence-electron chi connectivity index (χ2n) is 8.23. The predicted octanol–water partition coefficient (Wildman–Crippen LogP) is 5.54. The number of aromatic amines is 1. The second kappa shape index (κ2) is 7.71. The topological polar surface area (TPSA) is 85.4 Å². The summed E-state index contributed by atoms with van der Waals surface area (Å²) in [5.74, 6) is -0.868. The number of aromatic nitrogens is 1. The van der Waals surface area contributed by atoms with Crippen LogP contribution in [0, 0.1) is 6.92 Å². The number of aromatic hydroxyl groups is 1. The molecule has 0 saturated heterocycles. The van der Waals surface area contributed by atoms with Crippen molar-refractivity contribution in [3.63, 3.8) is 0 Å². The smallest absolute Gasteiger partial charge is 0.419 e. The summed E-state index contributed by atoms with van der Waals surface area (Å²) in [4.78, 5) is 14.3. The van der Waals surface area contributed by atoms with Crippen molar-refractivity contribution in [3.05, 3.63) is 68.5 Å². The number of phenols is 1. The fourth-order valence-corrected chi connectivity index (χ4v) is 4.80. The molecule has 0 amide bonds. The number of phenolic OH excluding ortho intramolecular Hbond substituents is 1. The normalized spacial score (nSPS) is 23.2. The number of benzene rings is 2. The molecule has 1 aliphatic carbocycles. The van der Waals surface area contributed by atoms with Crippen LogP contribution in [-0.2, 0) is 0 Å². The Hall–Kier alpha value is -2.71. The van der Waals surface area contributed by atoms with Gasteiger partial charge in [0.15, 0.2) is 5.60 Å². The summed E-state index contributed by atoms with van der Waals surface area (Å²) in [5.41, 5.74) is -1.90. The van der Waals surface area contributed by atoms with E-state index in [2.05, 4.69) is 10.3 Å². The lowest BCUT2D eigenvalue weighted by atomic mass is 9.68. The number of alkyl halides is 3. The maximum Gasteiger partial charge on any atom is 0.419 e. The van der Waals surface area contributed by atoms with Crippen molar-refractivity contribution in [3.8, 4) is 5.75 Å². The second-order valence-corrected chi connectivity index (χ2v) is 8.64. The van der Waals surface area contributed by atoms with E-state index in [0.717, 1.165) is 0 Å². The van der Waals surface area contributed by atoms with Gasteiger partial charge in [-0.1, -0.05) is 24.6 Å². The quantitative estimate of drug-likeness (QED) is 0.408. The Morgan fingerprint density at radius 2 is 2.00 bits per heavy atom. The molecule has 1 unspecified atom stereocenters. The van der Waals surface area contributed by atoms with Gasteiger partial charge in [-0.2, -0.15) is 13.2 Å². The molecular formula is C23H22ClF3N2O3. The SMILES string of the molecule is CC[C@@H]1C[C@](O)(C(F)(F)F)C(Nc2cccc3[nH]c(=O)ccc23)c2cc(Cl)c(C)c(O)c21. The van der Waals surface area contributed by atoms with E-state index in [9.17, 15) is 28.2 Å². The molecule has 1 heterocycles. The number of H-pyrrole nitrogens is 1. The van der Waals surface area contributed by atoms with Gasteiger partial charge >= 0.3 is 6.18 Å². The van der Waals surface area contributed by atoms with Crippen molar-refractivity contribution >= 4 is 28.2 Å². The number of nitrogens with one attached hydrogen (secondary N) is 2. The molecule has 1 aromatic heterocycles. The molecule has 3 aromatic rings. The van der Waals surface area contributed by atoms with Gasteiger partial charge in [0.25, 0.3) is 0 Å². The van der Waals surface area contributed by atoms with Crippen molar-refractivity contribution in [1.29, 1.82) is 0 Å². The molecule has 32 heavy (non-hydrogen) atoms. The fourth-order valence-electron chi connectivity index (χ4n) is 4.59. The van der Waals surface area contributed by atoms with Crippen LogP contribution in [0.2, 0.25) is 5.02 Å². The Morgan fingerprint density at radius 3 is 2.66 bits per heavy atom. The van der Waals surface area contributed by atoms with Crippen LogP contribution in [0.5, 0.6) is 5.75 Å². The first-order valence-electron chi connectivity index (χ1n) is 10.2. The minimum absolute atomic E-state index is 0.0949. The van der Waals surface area contributed by atoms with Crippen LogP contribution in [0.15, 0.2) is 41.2 Å². The molecule has 0 bridgehead atoms. The maximum atomic E-state index is 14.3. The van der Waals surface area contributed by atoms with Gasteiger partial charge < -0.3 is 20.5 Å². The van der Waals surface area contributed by atoms with Crippen LogP contribution < -0.4 is 10.9 Å². The van der Waals surface area contributed by atoms with Gasteiger partial charge in [-0.3, -0.25) is 4.79 Å². The van der Waals surface area contributed by atoms with Crippen LogP contribution in [0.1, 0.15) is 48.4 Å². The van der Waals surface area contributed by atoms with E-state index in [1.54, 1.807) is 32.0 Å². The number of anilines is 1. The van der Waals surface area contributed by atoms with Gasteiger partial charge in [-0.05, 0) is 55.5 Å². The largest absolute Gasteiger partial charge is 0.507 e. The van der Waals surface area contributed by atoms with Crippen molar-refractivity contribution in [2.24, 2.45) is 0 Å². The Kier molecular flexibility index (Phi) is 5.41. The van der Waals surface area contributed by atoms with Gasteiger partial charge in [-0.15, -0.1) is 0 Å². The number of rotatable bonds is 3. The number of hydrogen-bond donors (Lipinski definition) is 4. The van der Waals surface area contributed by atoms with E-state index in [1.807, 2.05) is 0 Å². The van der Waals surface area contributed by atoms with E-state index in [1.165, 1.54) is 18.2 Å². The molecule has 0 aliphatic heterocycles. The van der Waals surface area contributed by atoms with Crippen LogP contribution in [0.4, 0.5) is 18.9 Å². The first-order chi connectivity index (χ1) is 15.0. The molecule has 4 rings (SSSR count). The Morgan fingerprint density at radius 1 is 1.28 bits per heavy atom. The van der Waals surface area contributed by atoms with Gasteiger partial charge in [-0.25, -0.2) is 0 Å². The first kappa shape index (κ1) is 22.5. The van der Waals surface area contributed by atoms with Gasteiger partial charge in [0.05, 0.1) is 11.6 Å². The van der Waals surface area contributed by atoms with Gasteiger partial charge in [0.2, 0.25) is 5.56 Å². The highest BCUT2D eigenvalue weighted by molar-refractivity contribution is 6.31. The molecular weight excluding hydrogens is 445 g/mol. The monoisotopic (exact) mass is 466 g/mol. The van der Waals surface area contributed by atoms with Crippen LogP contribution in [0.25, 0.3) is 10.9 Å². The Bertz CT molecular complexity index is 1260. The average molecular weight is 467 g/mol. The molecule has 9 heteroatoms. The van der Waals surface area contributed by atoms with Crippen LogP contribution in [0.3, 0.4) is 0 Å². The van der Waals surface area contributed by atoms with E-state index < -0.39 is 30.2 Å². The molecule has 4 N–H and O–H groups in total. The maximum absolute atomic E-state index is 14.3. The summed E-state index contributed by atoms with van der Waals surface area (Å²) >= 11 is 6.24. The van der Waals surface area contributed by atoms with E-state index in [0.29, 0.717) is 34.1 Å². The zero-order valence-corrected chi connectivity index (χ0v) is 18.1. The van der Waals surface area contributed by atoms with E-state index in [-0.39, 0.29) is 21.9 Å². The molecule has 2 aromatic carbocycles. The lowest BCUT2D eigenvalue weighted by Crippen LogP contribution is -2.55. The highest BCUT2D eigenvalue weighted by Gasteiger charge is 2.62. The number of halogens is 4. The summed E-state index contributed by atoms with van der Waals surface area (Å²) in [7, 11) is 0. The summed E-state index contributed by atoms with van der Waals surface area (Å²) < 4.78 is 42.9. The zero-order valence-electron chi connectivity index (χ0n) is 17.3. The molecule has 5 nitrogen and oxygen atoms in total. The van der Waals surface area contributed by atoms with Gasteiger partial charge in [0.1, 0.15) is 5.75 Å². The molecule has 0 radical (unpaired) electrons. The molecule has 0 fully saturated rings. The van der Waals surface area contributed by atoms with Crippen molar-refractivity contribution < 1.29 is 23.4 Å². The van der Waals surface area contributed by atoms with Crippen LogP contribution >= 0.6 is 11.6 Å². The summed E-state index contributed by atoms with van der Waals surface area (Å²) in [6.45, 7) is 3.31. The average Bonchev–Trinajstić information content (AvgIpc) is 2.72. The Balaban J connectivity index is 1.97. The van der Waals surface area contributed by atoms with Gasteiger partial charge in [0, 0.05) is 33.3 Å². The third-order valence-corrected chi connectivity index (χ3v) is 6.76. The molecule has 3 atom stereocenters. The summed E-state index contributed by atoms with van der Waals surface area (Å²) in [5, 5.41) is 25.3. The summed E-state index contributed by atoms with van der Waals surface area (Å²) in [6, 6.07) is 7.31. The van der Waals surface area contributed by atoms with Crippen molar-refractivity contribution in [2.75, 3.05) is 5.32 Å². The lowest BCUT2D eigenvalue weighted by molar-refractivity contribution is -0.272. The highest BCUT2D eigenvalue weighted by Crippen LogP contribution is 2.56.